The number of hydrogen-bond acceptors (Lipinski definition) is 7. The molecule has 10 heteroatoms. The first-order chi connectivity index (χ1) is 27.2. The lowest BCUT2D eigenvalue weighted by Crippen LogP contribution is -2.51. The van der Waals surface area contributed by atoms with Crippen LogP contribution < -0.4 is 0 Å². The zero-order valence-electron chi connectivity index (χ0n) is 37.6. The molecule has 2 unspecified atom stereocenters. The van der Waals surface area contributed by atoms with Crippen LogP contribution in [-0.4, -0.2) is 73.4 Å². The molecule has 334 valence electrons. The predicted octanol–water partition coefficient (Wildman–Crippen LogP) is 13.6. The highest BCUT2D eigenvalue weighted by molar-refractivity contribution is 7.47. The molecule has 0 amide bonds. The number of quaternary nitrogens is 1. The first-order valence-electron chi connectivity index (χ1n) is 24.0. The fraction of sp³-hybridized carbons (Fsp3) is 0.957. The van der Waals surface area contributed by atoms with E-state index in [1.54, 1.807) is 0 Å². The molecule has 0 saturated heterocycles. The van der Waals surface area contributed by atoms with E-state index in [-0.39, 0.29) is 32.2 Å². The summed E-state index contributed by atoms with van der Waals surface area (Å²) in [5.41, 5.74) is 0. The number of nitrogens with zero attached hydrogens (tertiary/aromatic N) is 1. The van der Waals surface area contributed by atoms with Gasteiger partial charge < -0.3 is 18.9 Å². The molecule has 0 fully saturated rings. The van der Waals surface area contributed by atoms with Crippen molar-refractivity contribution in [3.8, 4) is 0 Å². The van der Waals surface area contributed by atoms with Gasteiger partial charge in [0.25, 0.3) is 0 Å². The van der Waals surface area contributed by atoms with Crippen LogP contribution in [0, 0.1) is 0 Å². The highest BCUT2D eigenvalue weighted by atomic mass is 31.2. The molecule has 0 aromatic carbocycles. The highest BCUT2D eigenvalue weighted by Gasteiger charge is 2.29. The van der Waals surface area contributed by atoms with Gasteiger partial charge in [-0.2, -0.15) is 0 Å². The molecule has 0 bridgehead atoms. The number of phosphoric ester groups is 1. The van der Waals surface area contributed by atoms with E-state index in [1.165, 1.54) is 128 Å². The van der Waals surface area contributed by atoms with Gasteiger partial charge in [0, 0.05) is 12.8 Å². The maximum absolute atomic E-state index is 12.9. The van der Waals surface area contributed by atoms with Gasteiger partial charge in [0.1, 0.15) is 19.8 Å². The normalized spacial score (nSPS) is 13.5. The number of phosphoric acid groups is 1. The standard InChI is InChI=1S/C46H92NO8P/c1-6-11-13-15-17-19-21-23-25-27-29-31-33-35-45(48)52-42-44(43-54-56(50,51)53-41-40-47(37-8-3,38-9-4)39-10-5)55-46(49)36-34-32-30-28-26-24-22-20-18-16-14-12-7-2/h44H,6-43H2,1-5H3/p+1. The van der Waals surface area contributed by atoms with Crippen LogP contribution in [0.5, 0.6) is 0 Å². The van der Waals surface area contributed by atoms with Crippen LogP contribution in [0.3, 0.4) is 0 Å². The molecule has 0 rings (SSSR count). The topological polar surface area (TPSA) is 108 Å². The first-order valence-corrected chi connectivity index (χ1v) is 25.5. The van der Waals surface area contributed by atoms with Gasteiger partial charge in [0.15, 0.2) is 6.10 Å². The van der Waals surface area contributed by atoms with E-state index >= 15 is 0 Å². The minimum atomic E-state index is -4.42. The monoisotopic (exact) mass is 819 g/mol. The van der Waals surface area contributed by atoms with Gasteiger partial charge in [-0.15, -0.1) is 0 Å². The third kappa shape index (κ3) is 35.0. The van der Waals surface area contributed by atoms with E-state index in [2.05, 4.69) is 34.6 Å². The predicted molar refractivity (Wildman–Crippen MR) is 234 cm³/mol. The number of carbonyl (C=O) groups excluding carboxylic acids is 2. The molecular formula is C46H93NO8P+. The number of carbonyl (C=O) groups is 2. The lowest BCUT2D eigenvalue weighted by Gasteiger charge is -2.38. The molecule has 0 saturated carbocycles. The van der Waals surface area contributed by atoms with Crippen LogP contribution in [0.25, 0.3) is 0 Å². The fourth-order valence-corrected chi connectivity index (χ4v) is 8.59. The Bertz CT molecular complexity index is 918. The number of hydrogen-bond donors (Lipinski definition) is 1. The maximum atomic E-state index is 12.9. The summed E-state index contributed by atoms with van der Waals surface area (Å²) in [4.78, 5) is 36.0. The highest BCUT2D eigenvalue weighted by Crippen LogP contribution is 2.43. The number of esters is 2. The van der Waals surface area contributed by atoms with Crippen molar-refractivity contribution < 1.29 is 42.1 Å². The Hall–Kier alpha value is -0.990. The van der Waals surface area contributed by atoms with Crippen molar-refractivity contribution in [3.63, 3.8) is 0 Å². The van der Waals surface area contributed by atoms with Gasteiger partial charge in [-0.3, -0.25) is 18.6 Å². The van der Waals surface area contributed by atoms with Gasteiger partial charge in [-0.1, -0.05) is 189 Å². The van der Waals surface area contributed by atoms with Crippen molar-refractivity contribution in [1.29, 1.82) is 0 Å². The smallest absolute Gasteiger partial charge is 0.462 e. The zero-order chi connectivity index (χ0) is 41.4. The Labute approximate surface area is 346 Å². The maximum Gasteiger partial charge on any atom is 0.472 e. The molecule has 0 radical (unpaired) electrons. The number of unbranched alkanes of at least 4 members (excludes halogenated alkanes) is 24. The largest absolute Gasteiger partial charge is 0.472 e. The SMILES string of the molecule is CCCCCCCCCCCCCCCC(=O)OCC(COP(=O)(O)OCC[N+](CCC)(CCC)CCC)OC(=O)CCCCCCCCCCCCCCC. The van der Waals surface area contributed by atoms with Crippen LogP contribution in [0.1, 0.15) is 234 Å². The Morgan fingerprint density at radius 2 is 0.821 bits per heavy atom. The van der Waals surface area contributed by atoms with Crippen molar-refractivity contribution in [2.45, 2.75) is 240 Å². The van der Waals surface area contributed by atoms with E-state index in [1.807, 2.05) is 0 Å². The minimum absolute atomic E-state index is 0.0887. The van der Waals surface area contributed by atoms with E-state index in [9.17, 15) is 19.0 Å². The lowest BCUT2D eigenvalue weighted by atomic mass is 10.0. The van der Waals surface area contributed by atoms with Gasteiger partial charge in [-0.25, -0.2) is 4.57 Å². The molecule has 0 aliphatic rings. The molecule has 56 heavy (non-hydrogen) atoms. The third-order valence-corrected chi connectivity index (χ3v) is 12.0. The summed E-state index contributed by atoms with van der Waals surface area (Å²) in [6.45, 7) is 14.1. The molecule has 0 aliphatic heterocycles. The number of rotatable bonds is 44. The average Bonchev–Trinajstić information content (AvgIpc) is 3.16. The Kier molecular flexibility index (Phi) is 38.8. The first kappa shape index (κ1) is 55.0. The Morgan fingerprint density at radius 3 is 1.20 bits per heavy atom. The summed E-state index contributed by atoms with van der Waals surface area (Å²) >= 11 is 0. The van der Waals surface area contributed by atoms with E-state index < -0.39 is 19.9 Å². The van der Waals surface area contributed by atoms with Crippen molar-refractivity contribution >= 4 is 19.8 Å². The summed E-state index contributed by atoms with van der Waals surface area (Å²) in [5.74, 6) is -0.769. The molecule has 9 nitrogen and oxygen atoms in total. The molecule has 0 heterocycles. The van der Waals surface area contributed by atoms with Crippen molar-refractivity contribution in [2.75, 3.05) is 46.0 Å². The van der Waals surface area contributed by atoms with Gasteiger partial charge in [-0.05, 0) is 32.1 Å². The van der Waals surface area contributed by atoms with E-state index in [0.29, 0.717) is 13.0 Å². The summed E-state index contributed by atoms with van der Waals surface area (Å²) in [6, 6.07) is 0. The number of ether oxygens (including phenoxy) is 2. The minimum Gasteiger partial charge on any atom is -0.462 e. The summed E-state index contributed by atoms with van der Waals surface area (Å²) in [5, 5.41) is 0. The van der Waals surface area contributed by atoms with Crippen LogP contribution in [0.15, 0.2) is 0 Å². The quantitative estimate of drug-likeness (QED) is 0.0280. The van der Waals surface area contributed by atoms with Gasteiger partial charge >= 0.3 is 19.8 Å². The molecule has 0 aromatic heterocycles. The molecular weight excluding hydrogens is 725 g/mol. The summed E-state index contributed by atoms with van der Waals surface area (Å²) in [6.07, 6.45) is 34.5. The Morgan fingerprint density at radius 1 is 0.464 bits per heavy atom. The second-order valence-electron chi connectivity index (χ2n) is 16.6. The van der Waals surface area contributed by atoms with Crippen LogP contribution in [0.4, 0.5) is 0 Å². The molecule has 2 atom stereocenters. The van der Waals surface area contributed by atoms with E-state index in [4.69, 9.17) is 18.5 Å². The Balaban J connectivity index is 4.71. The van der Waals surface area contributed by atoms with Gasteiger partial charge in [0.05, 0.1) is 26.2 Å². The molecule has 0 aliphatic carbocycles. The van der Waals surface area contributed by atoms with E-state index in [0.717, 1.165) is 81.9 Å². The molecule has 0 spiro atoms. The molecule has 0 aromatic rings. The van der Waals surface area contributed by atoms with Crippen molar-refractivity contribution in [2.24, 2.45) is 0 Å². The summed E-state index contributed by atoms with van der Waals surface area (Å²) < 4.78 is 35.7. The van der Waals surface area contributed by atoms with Crippen LogP contribution in [0.2, 0.25) is 0 Å². The molecule has 1 N–H and O–H groups in total. The summed E-state index contributed by atoms with van der Waals surface area (Å²) in [7, 11) is -4.42. The van der Waals surface area contributed by atoms with Gasteiger partial charge in [0.2, 0.25) is 0 Å². The fourth-order valence-electron chi connectivity index (χ4n) is 7.85. The van der Waals surface area contributed by atoms with Crippen molar-refractivity contribution in [1.82, 2.24) is 0 Å². The van der Waals surface area contributed by atoms with Crippen molar-refractivity contribution in [3.05, 3.63) is 0 Å². The van der Waals surface area contributed by atoms with Crippen LogP contribution >= 0.6 is 7.82 Å². The second kappa shape index (κ2) is 39.5. The lowest BCUT2D eigenvalue weighted by molar-refractivity contribution is -0.928. The second-order valence-corrected chi connectivity index (χ2v) is 18.1. The third-order valence-electron chi connectivity index (χ3n) is 11.0. The van der Waals surface area contributed by atoms with Crippen LogP contribution in [-0.2, 0) is 32.7 Å². The average molecular weight is 819 g/mol. The zero-order valence-corrected chi connectivity index (χ0v) is 38.5.